The van der Waals surface area contributed by atoms with Crippen LogP contribution >= 0.6 is 0 Å². The fourth-order valence-electron chi connectivity index (χ4n) is 2.00. The van der Waals surface area contributed by atoms with Crippen molar-refractivity contribution in [1.82, 2.24) is 9.97 Å². The van der Waals surface area contributed by atoms with Crippen LogP contribution < -0.4 is 15.8 Å². The van der Waals surface area contributed by atoms with E-state index in [1.807, 2.05) is 0 Å². The van der Waals surface area contributed by atoms with Gasteiger partial charge in [0.25, 0.3) is 0 Å². The van der Waals surface area contributed by atoms with Gasteiger partial charge in [-0.15, -0.1) is 0 Å². The van der Waals surface area contributed by atoms with Gasteiger partial charge >= 0.3 is 0 Å². The van der Waals surface area contributed by atoms with Gasteiger partial charge in [-0.2, -0.15) is 4.98 Å². The van der Waals surface area contributed by atoms with Crippen molar-refractivity contribution in [3.05, 3.63) is 6.20 Å². The van der Waals surface area contributed by atoms with Crippen molar-refractivity contribution in [2.24, 2.45) is 0 Å². The van der Waals surface area contributed by atoms with E-state index in [-0.39, 0.29) is 17.0 Å². The van der Waals surface area contributed by atoms with Gasteiger partial charge < -0.3 is 20.2 Å². The molecule has 1 atom stereocenters. The number of nitrogens with one attached hydrogen (secondary N) is 1. The van der Waals surface area contributed by atoms with Gasteiger partial charge in [-0.3, -0.25) is 0 Å². The van der Waals surface area contributed by atoms with Crippen LogP contribution in [0.1, 0.15) is 47.0 Å². The maximum Gasteiger partial charge on any atom is 0.222 e. The second kappa shape index (κ2) is 8.67. The van der Waals surface area contributed by atoms with Gasteiger partial charge in [0.2, 0.25) is 5.95 Å². The lowest BCUT2D eigenvalue weighted by molar-refractivity contribution is 0.263. The summed E-state index contributed by atoms with van der Waals surface area (Å²) in [5.74, 6) is 1.46. The highest BCUT2D eigenvalue weighted by atomic mass is 28.4. The number of nitrogens with two attached hydrogens (primary N) is 1. The lowest BCUT2D eigenvalue weighted by atomic mass is 10.1. The zero-order chi connectivity index (χ0) is 18.4. The Bertz CT molecular complexity index is 518. The molecule has 24 heavy (non-hydrogen) atoms. The molecule has 7 heteroatoms. The summed E-state index contributed by atoms with van der Waals surface area (Å²) in [5, 5.41) is 3.63. The average Bonchev–Trinajstić information content (AvgIpc) is 2.49. The van der Waals surface area contributed by atoms with Crippen LogP contribution in [-0.2, 0) is 4.43 Å². The summed E-state index contributed by atoms with van der Waals surface area (Å²) in [6.45, 7) is 14.1. The number of nitrogen functional groups attached to an aromatic ring is 1. The monoisotopic (exact) mass is 354 g/mol. The minimum atomic E-state index is -1.79. The minimum Gasteiger partial charge on any atom is -0.491 e. The quantitative estimate of drug-likeness (QED) is 0.651. The van der Waals surface area contributed by atoms with Crippen molar-refractivity contribution in [1.29, 1.82) is 0 Å². The molecule has 0 spiro atoms. The Morgan fingerprint density at radius 3 is 2.54 bits per heavy atom. The summed E-state index contributed by atoms with van der Waals surface area (Å²) in [6, 6.07) is 0.169. The standard InChI is InChI=1S/C17H34N4O2Si/c1-8-9-10-13(12-23-24(6,7)17(2,3)4)20-15-14(22-5)11-19-16(18)21-15/h11,13H,8-10,12H2,1-7H3,(H3,18,19,20,21)/t13-/m1/s1. The highest BCUT2D eigenvalue weighted by Gasteiger charge is 2.37. The number of hydrogen-bond donors (Lipinski definition) is 2. The number of nitrogens with zero attached hydrogens (tertiary/aromatic N) is 2. The fraction of sp³-hybridized carbons (Fsp3) is 0.765. The number of methoxy groups -OCH3 is 1. The van der Waals surface area contributed by atoms with Crippen LogP contribution in [0.2, 0.25) is 18.1 Å². The van der Waals surface area contributed by atoms with Crippen LogP contribution in [-0.4, -0.2) is 38.0 Å². The van der Waals surface area contributed by atoms with Crippen molar-refractivity contribution in [3.63, 3.8) is 0 Å². The summed E-state index contributed by atoms with van der Waals surface area (Å²) in [4.78, 5) is 8.25. The van der Waals surface area contributed by atoms with Gasteiger partial charge in [0.1, 0.15) is 0 Å². The summed E-state index contributed by atoms with van der Waals surface area (Å²) in [6.07, 6.45) is 4.87. The first-order valence-electron chi connectivity index (χ1n) is 8.67. The third kappa shape index (κ3) is 5.94. The molecule has 138 valence electrons. The number of ether oxygens (including phenoxy) is 1. The van der Waals surface area contributed by atoms with Gasteiger partial charge in [0.05, 0.1) is 19.9 Å². The SMILES string of the molecule is CCCC[C@H](CO[Si](C)(C)C(C)(C)C)Nc1nc(N)ncc1OC. The van der Waals surface area contributed by atoms with Crippen molar-refractivity contribution < 1.29 is 9.16 Å². The summed E-state index contributed by atoms with van der Waals surface area (Å²) < 4.78 is 11.7. The first-order chi connectivity index (χ1) is 11.1. The van der Waals surface area contributed by atoms with Gasteiger partial charge in [0, 0.05) is 6.04 Å². The number of aromatic nitrogens is 2. The maximum absolute atomic E-state index is 6.39. The smallest absolute Gasteiger partial charge is 0.222 e. The third-order valence-electron chi connectivity index (χ3n) is 4.69. The van der Waals surface area contributed by atoms with Crippen LogP contribution in [0.15, 0.2) is 6.20 Å². The molecule has 1 aromatic rings. The van der Waals surface area contributed by atoms with E-state index in [4.69, 9.17) is 14.9 Å². The van der Waals surface area contributed by atoms with E-state index in [2.05, 4.69) is 56.1 Å². The van der Waals surface area contributed by atoms with E-state index in [9.17, 15) is 0 Å². The maximum atomic E-state index is 6.39. The van der Waals surface area contributed by atoms with E-state index >= 15 is 0 Å². The third-order valence-corrected chi connectivity index (χ3v) is 9.19. The molecule has 0 saturated carbocycles. The van der Waals surface area contributed by atoms with Crippen molar-refractivity contribution in [2.45, 2.75) is 71.1 Å². The Labute approximate surface area is 147 Å². The minimum absolute atomic E-state index is 0.169. The van der Waals surface area contributed by atoms with Gasteiger partial charge in [-0.25, -0.2) is 4.98 Å². The second-order valence-electron chi connectivity index (χ2n) is 7.70. The van der Waals surface area contributed by atoms with Crippen molar-refractivity contribution in [3.8, 4) is 5.75 Å². The van der Waals surface area contributed by atoms with Gasteiger partial charge in [0.15, 0.2) is 19.9 Å². The van der Waals surface area contributed by atoms with Crippen LogP contribution in [0.5, 0.6) is 5.75 Å². The number of unbranched alkanes of at least 4 members (excludes halogenated alkanes) is 1. The predicted octanol–water partition coefficient (Wildman–Crippen LogP) is 4.06. The van der Waals surface area contributed by atoms with Crippen LogP contribution in [0.25, 0.3) is 0 Å². The lowest BCUT2D eigenvalue weighted by Crippen LogP contribution is -2.43. The summed E-state index contributed by atoms with van der Waals surface area (Å²) in [5.41, 5.74) is 5.72. The second-order valence-corrected chi connectivity index (χ2v) is 12.5. The van der Waals surface area contributed by atoms with E-state index < -0.39 is 8.32 Å². The Hall–Kier alpha value is -1.34. The molecule has 0 amide bonds. The van der Waals surface area contributed by atoms with Crippen LogP contribution in [0.3, 0.4) is 0 Å². The normalized spacial score (nSPS) is 13.6. The van der Waals surface area contributed by atoms with E-state index in [0.717, 1.165) is 19.3 Å². The van der Waals surface area contributed by atoms with E-state index in [0.29, 0.717) is 18.2 Å². The molecule has 0 bridgehead atoms. The van der Waals surface area contributed by atoms with Crippen molar-refractivity contribution >= 4 is 20.1 Å². The number of anilines is 2. The molecule has 1 heterocycles. The Morgan fingerprint density at radius 1 is 1.33 bits per heavy atom. The molecular weight excluding hydrogens is 320 g/mol. The van der Waals surface area contributed by atoms with Gasteiger partial charge in [-0.05, 0) is 24.6 Å². The van der Waals surface area contributed by atoms with E-state index in [1.54, 1.807) is 13.3 Å². The van der Waals surface area contributed by atoms with Crippen LogP contribution in [0, 0.1) is 0 Å². The lowest BCUT2D eigenvalue weighted by Gasteiger charge is -2.37. The molecule has 1 aromatic heterocycles. The molecule has 0 aliphatic carbocycles. The fourth-order valence-corrected chi connectivity index (χ4v) is 3.05. The molecule has 1 rings (SSSR count). The molecule has 6 nitrogen and oxygen atoms in total. The summed E-state index contributed by atoms with van der Waals surface area (Å²) >= 11 is 0. The van der Waals surface area contributed by atoms with Crippen LogP contribution in [0.4, 0.5) is 11.8 Å². The molecule has 0 aliphatic heterocycles. The molecule has 0 aliphatic rings. The highest BCUT2D eigenvalue weighted by molar-refractivity contribution is 6.74. The molecule has 0 unspecified atom stereocenters. The molecule has 3 N–H and O–H groups in total. The summed E-state index contributed by atoms with van der Waals surface area (Å²) in [7, 11) is -0.181. The first-order valence-corrected chi connectivity index (χ1v) is 11.6. The van der Waals surface area contributed by atoms with Crippen molar-refractivity contribution in [2.75, 3.05) is 24.8 Å². The Morgan fingerprint density at radius 2 is 2.00 bits per heavy atom. The average molecular weight is 355 g/mol. The first kappa shape index (κ1) is 20.7. The molecule has 0 radical (unpaired) electrons. The van der Waals surface area contributed by atoms with E-state index in [1.165, 1.54) is 0 Å². The Balaban J connectivity index is 2.84. The number of rotatable bonds is 9. The molecule has 0 saturated heterocycles. The van der Waals surface area contributed by atoms with Gasteiger partial charge in [-0.1, -0.05) is 40.5 Å². The Kier molecular flexibility index (Phi) is 7.47. The zero-order valence-corrected chi connectivity index (χ0v) is 17.3. The topological polar surface area (TPSA) is 82.3 Å². The number of hydrogen-bond acceptors (Lipinski definition) is 6. The molecular formula is C17H34N4O2Si. The molecule has 0 aromatic carbocycles. The highest BCUT2D eigenvalue weighted by Crippen LogP contribution is 2.36. The zero-order valence-electron chi connectivity index (χ0n) is 16.3. The largest absolute Gasteiger partial charge is 0.491 e. The molecule has 0 fully saturated rings. The predicted molar refractivity (Wildman–Crippen MR) is 103 cm³/mol.